The lowest BCUT2D eigenvalue weighted by Gasteiger charge is -2.26. The van der Waals surface area contributed by atoms with Gasteiger partial charge in [-0.1, -0.05) is 111 Å². The second-order valence-electron chi connectivity index (χ2n) is 8.91. The van der Waals surface area contributed by atoms with Gasteiger partial charge >= 0.3 is 12.1 Å². The molecule has 0 saturated carbocycles. The molecule has 2 amide bonds. The Kier molecular flexibility index (Phi) is 10.7. The fourth-order valence-corrected chi connectivity index (χ4v) is 3.71. The molecule has 0 bridgehead atoms. The third kappa shape index (κ3) is 9.11. The molecule has 3 aromatic rings. The van der Waals surface area contributed by atoms with E-state index in [1.807, 2.05) is 105 Å². The van der Waals surface area contributed by atoms with Crippen molar-refractivity contribution in [3.8, 4) is 0 Å². The van der Waals surface area contributed by atoms with Crippen molar-refractivity contribution < 1.29 is 23.9 Å². The van der Waals surface area contributed by atoms with Crippen LogP contribution in [0.15, 0.2) is 91.0 Å². The van der Waals surface area contributed by atoms with Crippen molar-refractivity contribution in [2.24, 2.45) is 5.92 Å². The van der Waals surface area contributed by atoms with E-state index in [-0.39, 0.29) is 25.6 Å². The summed E-state index contributed by atoms with van der Waals surface area (Å²) in [5.41, 5.74) is 2.55. The van der Waals surface area contributed by atoms with Crippen molar-refractivity contribution in [2.45, 2.75) is 52.0 Å². The van der Waals surface area contributed by atoms with Gasteiger partial charge < -0.3 is 20.1 Å². The number of rotatable bonds is 12. The van der Waals surface area contributed by atoms with E-state index in [1.54, 1.807) is 0 Å². The average Bonchev–Trinajstić information content (AvgIpc) is 2.94. The van der Waals surface area contributed by atoms with Crippen LogP contribution >= 0.6 is 0 Å². The van der Waals surface area contributed by atoms with E-state index in [9.17, 15) is 14.4 Å². The molecule has 0 saturated heterocycles. The number of esters is 1. The highest BCUT2D eigenvalue weighted by molar-refractivity contribution is 5.90. The fraction of sp³-hybridized carbons (Fsp3) is 0.300. The molecule has 3 atom stereocenters. The van der Waals surface area contributed by atoms with Crippen molar-refractivity contribution in [1.82, 2.24) is 10.6 Å². The van der Waals surface area contributed by atoms with E-state index in [4.69, 9.17) is 9.47 Å². The molecule has 0 fully saturated rings. The van der Waals surface area contributed by atoms with Crippen LogP contribution in [0.3, 0.4) is 0 Å². The van der Waals surface area contributed by atoms with Crippen LogP contribution in [-0.2, 0) is 38.7 Å². The predicted molar refractivity (Wildman–Crippen MR) is 141 cm³/mol. The first kappa shape index (κ1) is 27.5. The van der Waals surface area contributed by atoms with Gasteiger partial charge in [0.1, 0.15) is 25.3 Å². The van der Waals surface area contributed by atoms with Gasteiger partial charge in [-0.2, -0.15) is 0 Å². The highest BCUT2D eigenvalue weighted by Crippen LogP contribution is 2.13. The standard InChI is InChI=1S/C30H34N2O5/c1-3-22(2)27(29(34)36-20-24-15-9-5-10-16-24)32-28(33)26(19-23-13-7-4-8-14-23)31-30(35)37-21-25-17-11-6-12-18-25/h4-18,22,26-27H,3,19-21H2,1-2H3,(H,31,35)(H,32,33)/t22-,26-,27-/m0/s1. The predicted octanol–water partition coefficient (Wildman–Crippen LogP) is 4.80. The topological polar surface area (TPSA) is 93.7 Å². The first-order valence-electron chi connectivity index (χ1n) is 12.5. The van der Waals surface area contributed by atoms with Crippen LogP contribution in [-0.4, -0.2) is 30.1 Å². The van der Waals surface area contributed by atoms with Crippen molar-refractivity contribution >= 4 is 18.0 Å². The van der Waals surface area contributed by atoms with Gasteiger partial charge in [-0.25, -0.2) is 9.59 Å². The number of hydrogen-bond acceptors (Lipinski definition) is 5. The Bertz CT molecular complexity index is 1120. The lowest BCUT2D eigenvalue weighted by atomic mass is 9.98. The maximum atomic E-state index is 13.4. The molecule has 3 aromatic carbocycles. The molecule has 0 radical (unpaired) electrons. The number of carbonyl (C=O) groups is 3. The minimum absolute atomic E-state index is 0.0770. The quantitative estimate of drug-likeness (QED) is 0.347. The van der Waals surface area contributed by atoms with Gasteiger partial charge in [0, 0.05) is 6.42 Å². The zero-order chi connectivity index (χ0) is 26.5. The smallest absolute Gasteiger partial charge is 0.408 e. The van der Waals surface area contributed by atoms with Gasteiger partial charge in [0.2, 0.25) is 5.91 Å². The summed E-state index contributed by atoms with van der Waals surface area (Å²) in [6.07, 6.45) is 0.174. The van der Waals surface area contributed by atoms with Crippen LogP contribution in [0.5, 0.6) is 0 Å². The maximum absolute atomic E-state index is 13.4. The third-order valence-electron chi connectivity index (χ3n) is 6.09. The zero-order valence-corrected chi connectivity index (χ0v) is 21.3. The molecule has 0 aliphatic rings. The van der Waals surface area contributed by atoms with Gasteiger partial charge in [0.25, 0.3) is 0 Å². The molecule has 0 aromatic heterocycles. The first-order valence-corrected chi connectivity index (χ1v) is 12.5. The fourth-order valence-electron chi connectivity index (χ4n) is 3.71. The molecule has 37 heavy (non-hydrogen) atoms. The van der Waals surface area contributed by atoms with Crippen molar-refractivity contribution in [3.63, 3.8) is 0 Å². The van der Waals surface area contributed by atoms with Crippen molar-refractivity contribution in [2.75, 3.05) is 0 Å². The van der Waals surface area contributed by atoms with Gasteiger partial charge in [-0.3, -0.25) is 4.79 Å². The Morgan fingerprint density at radius 3 is 1.70 bits per heavy atom. The van der Waals surface area contributed by atoms with Gasteiger partial charge in [-0.05, 0) is 22.6 Å². The van der Waals surface area contributed by atoms with Crippen LogP contribution in [0.1, 0.15) is 37.0 Å². The van der Waals surface area contributed by atoms with Crippen molar-refractivity contribution in [1.29, 1.82) is 0 Å². The highest BCUT2D eigenvalue weighted by atomic mass is 16.5. The van der Waals surface area contributed by atoms with Crippen LogP contribution in [0, 0.1) is 5.92 Å². The second kappa shape index (κ2) is 14.4. The van der Waals surface area contributed by atoms with E-state index >= 15 is 0 Å². The second-order valence-corrected chi connectivity index (χ2v) is 8.91. The van der Waals surface area contributed by atoms with Gasteiger partial charge in [0.15, 0.2) is 0 Å². The SMILES string of the molecule is CC[C@H](C)[C@H](NC(=O)[C@H](Cc1ccccc1)NC(=O)OCc1ccccc1)C(=O)OCc1ccccc1. The van der Waals surface area contributed by atoms with Crippen LogP contribution in [0.25, 0.3) is 0 Å². The third-order valence-corrected chi connectivity index (χ3v) is 6.09. The zero-order valence-electron chi connectivity index (χ0n) is 21.3. The number of alkyl carbamates (subject to hydrolysis) is 1. The molecule has 0 unspecified atom stereocenters. The summed E-state index contributed by atoms with van der Waals surface area (Å²) in [7, 11) is 0. The Hall–Kier alpha value is -4.13. The number of hydrogen-bond donors (Lipinski definition) is 2. The largest absolute Gasteiger partial charge is 0.459 e. The monoisotopic (exact) mass is 502 g/mol. The Morgan fingerprint density at radius 2 is 1.19 bits per heavy atom. The average molecular weight is 503 g/mol. The van der Waals surface area contributed by atoms with Crippen molar-refractivity contribution in [3.05, 3.63) is 108 Å². The Balaban J connectivity index is 1.68. The normalized spacial score (nSPS) is 13.0. The molecule has 7 nitrogen and oxygen atoms in total. The maximum Gasteiger partial charge on any atom is 0.408 e. The number of ether oxygens (including phenoxy) is 2. The number of benzene rings is 3. The molecule has 2 N–H and O–H groups in total. The summed E-state index contributed by atoms with van der Waals surface area (Å²) >= 11 is 0. The van der Waals surface area contributed by atoms with E-state index in [0.29, 0.717) is 6.42 Å². The summed E-state index contributed by atoms with van der Waals surface area (Å²) in [4.78, 5) is 38.9. The summed E-state index contributed by atoms with van der Waals surface area (Å²) < 4.78 is 10.8. The molecular weight excluding hydrogens is 468 g/mol. The van der Waals surface area contributed by atoms with E-state index in [0.717, 1.165) is 16.7 Å². The molecule has 0 heterocycles. The molecule has 7 heteroatoms. The minimum Gasteiger partial charge on any atom is -0.459 e. The summed E-state index contributed by atoms with van der Waals surface area (Å²) in [5.74, 6) is -1.17. The molecule has 0 aliphatic heterocycles. The molecule has 0 spiro atoms. The molecule has 194 valence electrons. The summed E-state index contributed by atoms with van der Waals surface area (Å²) in [5, 5.41) is 5.49. The molecule has 3 rings (SSSR count). The lowest BCUT2D eigenvalue weighted by molar-refractivity contribution is -0.150. The van der Waals surface area contributed by atoms with Crippen LogP contribution in [0.2, 0.25) is 0 Å². The van der Waals surface area contributed by atoms with Crippen LogP contribution < -0.4 is 10.6 Å². The number of nitrogens with one attached hydrogen (secondary N) is 2. The molecule has 0 aliphatic carbocycles. The van der Waals surface area contributed by atoms with E-state index in [2.05, 4.69) is 10.6 Å². The number of carbonyl (C=O) groups excluding carboxylic acids is 3. The minimum atomic E-state index is -0.945. The van der Waals surface area contributed by atoms with Gasteiger partial charge in [-0.15, -0.1) is 0 Å². The Labute approximate surface area is 218 Å². The summed E-state index contributed by atoms with van der Waals surface area (Å²) in [6, 6.07) is 26.2. The molecular formula is C30H34N2O5. The highest BCUT2D eigenvalue weighted by Gasteiger charge is 2.31. The summed E-state index contributed by atoms with van der Waals surface area (Å²) in [6.45, 7) is 4.01. The lowest BCUT2D eigenvalue weighted by Crippen LogP contribution is -2.54. The Morgan fingerprint density at radius 1 is 0.703 bits per heavy atom. The first-order chi connectivity index (χ1) is 18.0. The van der Waals surface area contributed by atoms with Gasteiger partial charge in [0.05, 0.1) is 0 Å². The van der Waals surface area contributed by atoms with E-state index < -0.39 is 30.1 Å². The van der Waals surface area contributed by atoms with Crippen LogP contribution in [0.4, 0.5) is 4.79 Å². The number of amides is 2. The van der Waals surface area contributed by atoms with E-state index in [1.165, 1.54) is 0 Å².